The molecule has 1 aliphatic heterocycles. The lowest BCUT2D eigenvalue weighted by Gasteiger charge is -2.26. The molecule has 1 amide bonds. The first-order valence-electron chi connectivity index (χ1n) is 10.00. The van der Waals surface area contributed by atoms with Crippen molar-refractivity contribution < 1.29 is 22.7 Å². The smallest absolute Gasteiger partial charge is 0.248 e. The van der Waals surface area contributed by atoms with E-state index in [1.165, 1.54) is 28.6 Å². The summed E-state index contributed by atoms with van der Waals surface area (Å²) in [6, 6.07) is 9.51. The van der Waals surface area contributed by atoms with Crippen LogP contribution in [0.25, 0.3) is 6.08 Å². The van der Waals surface area contributed by atoms with Crippen molar-refractivity contribution >= 4 is 50.9 Å². The fourth-order valence-corrected chi connectivity index (χ4v) is 4.85. The molecule has 0 radical (unpaired) electrons. The average molecular weight is 499 g/mol. The van der Waals surface area contributed by atoms with E-state index >= 15 is 0 Å². The summed E-state index contributed by atoms with van der Waals surface area (Å²) in [5.74, 6) is -0.112. The monoisotopic (exact) mass is 498 g/mol. The highest BCUT2D eigenvalue weighted by Crippen LogP contribution is 2.31. The van der Waals surface area contributed by atoms with Gasteiger partial charge < -0.3 is 14.8 Å². The number of carbonyl (C=O) groups is 1. The van der Waals surface area contributed by atoms with Crippen molar-refractivity contribution in [1.29, 1.82) is 0 Å². The zero-order chi connectivity index (χ0) is 23.3. The minimum absolute atomic E-state index is 0.0627. The number of anilines is 1. The van der Waals surface area contributed by atoms with Crippen molar-refractivity contribution in [3.05, 3.63) is 58.1 Å². The van der Waals surface area contributed by atoms with Crippen LogP contribution in [0.5, 0.6) is 5.75 Å². The van der Waals surface area contributed by atoms with Crippen molar-refractivity contribution in [2.24, 2.45) is 0 Å². The number of hydrogen-bond donors (Lipinski definition) is 1. The quantitative estimate of drug-likeness (QED) is 0.569. The highest BCUT2D eigenvalue weighted by molar-refractivity contribution is 7.89. The fraction of sp³-hybridized carbons (Fsp3) is 0.318. The van der Waals surface area contributed by atoms with Crippen LogP contribution in [-0.2, 0) is 19.6 Å². The number of sulfonamides is 1. The zero-order valence-electron chi connectivity index (χ0n) is 17.7. The molecule has 32 heavy (non-hydrogen) atoms. The SMILES string of the molecule is CC(C)Oc1ccc(S(=O)(=O)N2CCOCC2)cc1NC(=O)C=Cc1cccc(Cl)c1Cl. The highest BCUT2D eigenvalue weighted by Gasteiger charge is 2.27. The summed E-state index contributed by atoms with van der Waals surface area (Å²) in [5, 5.41) is 3.41. The number of benzene rings is 2. The Hall–Kier alpha value is -2.10. The number of amides is 1. The predicted molar refractivity (Wildman–Crippen MR) is 126 cm³/mol. The maximum Gasteiger partial charge on any atom is 0.248 e. The topological polar surface area (TPSA) is 84.9 Å². The molecule has 0 unspecified atom stereocenters. The highest BCUT2D eigenvalue weighted by atomic mass is 35.5. The van der Waals surface area contributed by atoms with Crippen molar-refractivity contribution in [3.63, 3.8) is 0 Å². The van der Waals surface area contributed by atoms with Gasteiger partial charge in [0, 0.05) is 19.2 Å². The first-order chi connectivity index (χ1) is 15.2. The summed E-state index contributed by atoms with van der Waals surface area (Å²) in [4.78, 5) is 12.6. The van der Waals surface area contributed by atoms with Crippen molar-refractivity contribution in [2.45, 2.75) is 24.8 Å². The van der Waals surface area contributed by atoms with Gasteiger partial charge in [-0.15, -0.1) is 0 Å². The van der Waals surface area contributed by atoms with Gasteiger partial charge in [0.25, 0.3) is 0 Å². The summed E-state index contributed by atoms with van der Waals surface area (Å²) in [6.07, 6.45) is 2.65. The van der Waals surface area contributed by atoms with Crippen LogP contribution in [0.2, 0.25) is 10.0 Å². The maximum absolute atomic E-state index is 13.0. The van der Waals surface area contributed by atoms with Crippen LogP contribution in [-0.4, -0.2) is 51.0 Å². The molecule has 0 atom stereocenters. The Morgan fingerprint density at radius 1 is 1.19 bits per heavy atom. The predicted octanol–water partition coefficient (Wildman–Crippen LogP) is 4.45. The Balaban J connectivity index is 1.87. The van der Waals surface area contributed by atoms with E-state index in [1.807, 2.05) is 13.8 Å². The van der Waals surface area contributed by atoms with E-state index in [-0.39, 0.29) is 29.8 Å². The first kappa shape index (κ1) is 24.5. The second kappa shape index (κ2) is 10.7. The third-order valence-corrected chi connectivity index (χ3v) is 7.30. The van der Waals surface area contributed by atoms with Gasteiger partial charge in [-0.3, -0.25) is 4.79 Å². The number of hydrogen-bond acceptors (Lipinski definition) is 5. The van der Waals surface area contributed by atoms with E-state index in [0.29, 0.717) is 34.6 Å². The molecule has 3 rings (SSSR count). The summed E-state index contributed by atoms with van der Waals surface area (Å²) >= 11 is 12.1. The van der Waals surface area contributed by atoms with Gasteiger partial charge in [0.1, 0.15) is 5.75 Å². The lowest BCUT2D eigenvalue weighted by molar-refractivity contribution is -0.111. The fourth-order valence-electron chi connectivity index (χ4n) is 3.05. The van der Waals surface area contributed by atoms with Crippen molar-refractivity contribution in [3.8, 4) is 5.75 Å². The van der Waals surface area contributed by atoms with Crippen molar-refractivity contribution in [1.82, 2.24) is 4.31 Å². The normalized spacial score (nSPS) is 15.3. The number of morpholine rings is 1. The van der Waals surface area contributed by atoms with E-state index in [0.717, 1.165) is 0 Å². The molecule has 1 heterocycles. The Labute approximate surface area is 198 Å². The van der Waals surface area contributed by atoms with Gasteiger partial charge in [0.15, 0.2) is 0 Å². The lowest BCUT2D eigenvalue weighted by atomic mass is 10.2. The van der Waals surface area contributed by atoms with E-state index in [9.17, 15) is 13.2 Å². The number of halogens is 2. The lowest BCUT2D eigenvalue weighted by Crippen LogP contribution is -2.40. The van der Waals surface area contributed by atoms with Gasteiger partial charge in [-0.1, -0.05) is 35.3 Å². The number of rotatable bonds is 7. The van der Waals surface area contributed by atoms with E-state index < -0.39 is 15.9 Å². The van der Waals surface area contributed by atoms with Crippen LogP contribution in [0.15, 0.2) is 47.4 Å². The van der Waals surface area contributed by atoms with Crippen LogP contribution < -0.4 is 10.1 Å². The molecule has 0 aromatic heterocycles. The summed E-state index contributed by atoms with van der Waals surface area (Å²) < 4.78 is 38.4. The molecule has 2 aromatic rings. The van der Waals surface area contributed by atoms with Gasteiger partial charge in [-0.2, -0.15) is 4.31 Å². The molecule has 0 saturated carbocycles. The molecule has 172 valence electrons. The van der Waals surface area contributed by atoms with Gasteiger partial charge in [0.05, 0.1) is 39.9 Å². The molecular weight excluding hydrogens is 475 g/mol. The molecule has 1 N–H and O–H groups in total. The third-order valence-electron chi connectivity index (χ3n) is 4.58. The minimum Gasteiger partial charge on any atom is -0.489 e. The Kier molecular flexibility index (Phi) is 8.19. The molecule has 0 bridgehead atoms. The molecule has 0 aliphatic carbocycles. The van der Waals surface area contributed by atoms with Crippen molar-refractivity contribution in [2.75, 3.05) is 31.6 Å². The van der Waals surface area contributed by atoms with Crippen LogP contribution in [0.3, 0.4) is 0 Å². The molecule has 1 aliphatic rings. The summed E-state index contributed by atoms with van der Waals surface area (Å²) in [6.45, 7) is 4.91. The second-order valence-corrected chi connectivity index (χ2v) is 10.0. The number of ether oxygens (including phenoxy) is 2. The Morgan fingerprint density at radius 2 is 1.91 bits per heavy atom. The van der Waals surface area contributed by atoms with E-state index in [1.54, 1.807) is 24.3 Å². The molecule has 7 nitrogen and oxygen atoms in total. The minimum atomic E-state index is -3.73. The van der Waals surface area contributed by atoms with E-state index in [4.69, 9.17) is 32.7 Å². The molecule has 1 saturated heterocycles. The van der Waals surface area contributed by atoms with Crippen LogP contribution >= 0.6 is 23.2 Å². The number of nitrogens with zero attached hydrogens (tertiary/aromatic N) is 1. The zero-order valence-corrected chi connectivity index (χ0v) is 20.0. The largest absolute Gasteiger partial charge is 0.489 e. The number of nitrogens with one attached hydrogen (secondary N) is 1. The van der Waals surface area contributed by atoms with Crippen LogP contribution in [0.4, 0.5) is 5.69 Å². The molecular formula is C22H24Cl2N2O5S. The number of carbonyl (C=O) groups excluding carboxylic acids is 1. The molecule has 0 spiro atoms. The van der Waals surface area contributed by atoms with Gasteiger partial charge in [0.2, 0.25) is 15.9 Å². The average Bonchev–Trinajstić information content (AvgIpc) is 2.76. The maximum atomic E-state index is 13.0. The standard InChI is InChI=1S/C22H24Cl2N2O5S/c1-15(2)31-20-8-7-17(32(28,29)26-10-12-30-13-11-26)14-19(20)25-21(27)9-6-16-4-3-5-18(23)22(16)24/h3-9,14-15H,10-13H2,1-2H3,(H,25,27). The molecule has 10 heteroatoms. The van der Waals surface area contributed by atoms with Crippen LogP contribution in [0.1, 0.15) is 19.4 Å². The Bertz CT molecular complexity index is 1110. The Morgan fingerprint density at radius 3 is 2.59 bits per heavy atom. The van der Waals surface area contributed by atoms with E-state index in [2.05, 4.69) is 5.32 Å². The van der Waals surface area contributed by atoms with Gasteiger partial charge in [-0.05, 0) is 49.8 Å². The molecule has 1 fully saturated rings. The summed E-state index contributed by atoms with van der Waals surface area (Å²) in [7, 11) is -3.73. The second-order valence-electron chi connectivity index (χ2n) is 7.31. The van der Waals surface area contributed by atoms with Gasteiger partial charge >= 0.3 is 0 Å². The summed E-state index contributed by atoms with van der Waals surface area (Å²) in [5.41, 5.74) is 0.830. The third kappa shape index (κ3) is 6.02. The first-order valence-corrected chi connectivity index (χ1v) is 12.2. The van der Waals surface area contributed by atoms with Gasteiger partial charge in [-0.25, -0.2) is 8.42 Å². The van der Waals surface area contributed by atoms with Crippen LogP contribution in [0, 0.1) is 0 Å². The molecule has 2 aromatic carbocycles.